The van der Waals surface area contributed by atoms with Gasteiger partial charge in [-0.05, 0) is 42.0 Å². The van der Waals surface area contributed by atoms with Crippen molar-refractivity contribution in [2.45, 2.75) is 18.7 Å². The molecule has 1 aromatic heterocycles. The van der Waals surface area contributed by atoms with Gasteiger partial charge in [0, 0.05) is 29.9 Å². The third kappa shape index (κ3) is 2.72. The van der Waals surface area contributed by atoms with Crippen LogP contribution in [0.4, 0.5) is 0 Å². The second-order valence-corrected chi connectivity index (χ2v) is 6.67. The van der Waals surface area contributed by atoms with Gasteiger partial charge in [0.15, 0.2) is 0 Å². The molecule has 0 N–H and O–H groups in total. The first-order valence-electron chi connectivity index (χ1n) is 8.99. The van der Waals surface area contributed by atoms with Crippen LogP contribution in [0, 0.1) is 0 Å². The van der Waals surface area contributed by atoms with Crippen LogP contribution in [0.1, 0.15) is 35.4 Å². The van der Waals surface area contributed by atoms with Crippen molar-refractivity contribution in [1.29, 1.82) is 0 Å². The SMILES string of the molecule is COc1ccc(C2=NN3[C@@H](C2)c2ccccc2O[C@H]3c2cccnc2)cc1. The topological polar surface area (TPSA) is 47.0 Å². The van der Waals surface area contributed by atoms with E-state index >= 15 is 0 Å². The summed E-state index contributed by atoms with van der Waals surface area (Å²) >= 11 is 0. The molecule has 0 unspecified atom stereocenters. The number of fused-ring (bicyclic) bond motifs is 3. The van der Waals surface area contributed by atoms with Crippen LogP contribution in [0.25, 0.3) is 0 Å². The van der Waals surface area contributed by atoms with E-state index in [0.29, 0.717) is 0 Å². The molecule has 5 rings (SSSR count). The molecule has 0 radical (unpaired) electrons. The van der Waals surface area contributed by atoms with Crippen LogP contribution in [0.3, 0.4) is 0 Å². The van der Waals surface area contributed by atoms with Crippen LogP contribution in [0.5, 0.6) is 11.5 Å². The Hall–Kier alpha value is -3.34. The number of aromatic nitrogens is 1. The van der Waals surface area contributed by atoms with Crippen LogP contribution in [0.2, 0.25) is 0 Å². The fourth-order valence-electron chi connectivity index (χ4n) is 3.73. The summed E-state index contributed by atoms with van der Waals surface area (Å²) < 4.78 is 11.6. The largest absolute Gasteiger partial charge is 0.497 e. The summed E-state index contributed by atoms with van der Waals surface area (Å²) in [4.78, 5) is 4.26. The molecule has 5 nitrogen and oxygen atoms in total. The molecule has 0 saturated carbocycles. The van der Waals surface area contributed by atoms with E-state index in [-0.39, 0.29) is 12.3 Å². The number of rotatable bonds is 3. The molecule has 0 aliphatic carbocycles. The molecule has 0 bridgehead atoms. The fraction of sp³-hybridized carbons (Fsp3) is 0.182. The summed E-state index contributed by atoms with van der Waals surface area (Å²) in [5.74, 6) is 1.76. The van der Waals surface area contributed by atoms with Crippen molar-refractivity contribution in [2.24, 2.45) is 5.10 Å². The van der Waals surface area contributed by atoms with Gasteiger partial charge < -0.3 is 9.47 Å². The molecule has 3 aromatic rings. The van der Waals surface area contributed by atoms with E-state index in [0.717, 1.165) is 34.8 Å². The van der Waals surface area contributed by atoms with Crippen LogP contribution >= 0.6 is 0 Å². The van der Waals surface area contributed by atoms with E-state index in [1.54, 1.807) is 13.3 Å². The van der Waals surface area contributed by atoms with Gasteiger partial charge in [0.1, 0.15) is 11.5 Å². The number of hydrogen-bond acceptors (Lipinski definition) is 5. The third-order valence-electron chi connectivity index (χ3n) is 5.09. The lowest BCUT2D eigenvalue weighted by atomic mass is 9.96. The quantitative estimate of drug-likeness (QED) is 0.700. The van der Waals surface area contributed by atoms with E-state index in [9.17, 15) is 0 Å². The number of nitrogens with zero attached hydrogens (tertiary/aromatic N) is 3. The predicted octanol–water partition coefficient (Wildman–Crippen LogP) is 4.33. The van der Waals surface area contributed by atoms with E-state index in [4.69, 9.17) is 14.6 Å². The Bertz CT molecular complexity index is 986. The van der Waals surface area contributed by atoms with Crippen LogP contribution in [-0.4, -0.2) is 22.8 Å². The van der Waals surface area contributed by atoms with Gasteiger partial charge in [-0.15, -0.1) is 0 Å². The standard InChI is InChI=1S/C22H19N3O2/c1-26-17-10-8-15(9-11-17)19-13-20-18-6-2-3-7-21(18)27-22(25(20)24-19)16-5-4-12-23-14-16/h2-12,14,20,22H,13H2,1H3/t20-,22-/m0/s1. The highest BCUT2D eigenvalue weighted by atomic mass is 16.5. The highest BCUT2D eigenvalue weighted by Gasteiger charge is 2.40. The van der Waals surface area contributed by atoms with Gasteiger partial charge in [0.05, 0.1) is 18.9 Å². The minimum atomic E-state index is -0.283. The highest BCUT2D eigenvalue weighted by molar-refractivity contribution is 6.02. The molecule has 2 aliphatic heterocycles. The number of para-hydroxylation sites is 1. The Balaban J connectivity index is 1.56. The maximum atomic E-state index is 6.31. The summed E-state index contributed by atoms with van der Waals surface area (Å²) in [5.41, 5.74) is 4.33. The molecule has 0 saturated heterocycles. The zero-order valence-electron chi connectivity index (χ0n) is 14.9. The Labute approximate surface area is 157 Å². The van der Waals surface area contributed by atoms with Crippen LogP contribution < -0.4 is 9.47 Å². The summed E-state index contributed by atoms with van der Waals surface area (Å²) in [6, 6.07) is 20.4. The van der Waals surface area contributed by atoms with Crippen molar-refractivity contribution in [2.75, 3.05) is 7.11 Å². The molecular formula is C22H19N3O2. The summed E-state index contributed by atoms with van der Waals surface area (Å²) in [5, 5.41) is 7.02. The first-order chi connectivity index (χ1) is 13.3. The molecule has 0 spiro atoms. The zero-order chi connectivity index (χ0) is 18.2. The van der Waals surface area contributed by atoms with Gasteiger partial charge in [-0.25, -0.2) is 5.01 Å². The number of ether oxygens (including phenoxy) is 2. The number of hydrazone groups is 1. The molecule has 134 valence electrons. The minimum absolute atomic E-state index is 0.150. The molecular weight excluding hydrogens is 338 g/mol. The number of methoxy groups -OCH3 is 1. The van der Waals surface area contributed by atoms with Crippen molar-refractivity contribution < 1.29 is 9.47 Å². The fourth-order valence-corrected chi connectivity index (χ4v) is 3.73. The first-order valence-corrected chi connectivity index (χ1v) is 8.99. The predicted molar refractivity (Wildman–Crippen MR) is 103 cm³/mol. The van der Waals surface area contributed by atoms with Gasteiger partial charge in [-0.1, -0.05) is 24.3 Å². The summed E-state index contributed by atoms with van der Waals surface area (Å²) in [6.07, 6.45) is 4.17. The lowest BCUT2D eigenvalue weighted by Gasteiger charge is -2.38. The molecule has 3 heterocycles. The maximum absolute atomic E-state index is 6.31. The van der Waals surface area contributed by atoms with Gasteiger partial charge in [0.25, 0.3) is 0 Å². The van der Waals surface area contributed by atoms with Gasteiger partial charge >= 0.3 is 0 Å². The first kappa shape index (κ1) is 15.9. The zero-order valence-corrected chi connectivity index (χ0v) is 14.9. The number of hydrogen-bond donors (Lipinski definition) is 0. The normalized spacial score (nSPS) is 20.3. The molecule has 27 heavy (non-hydrogen) atoms. The lowest BCUT2D eigenvalue weighted by molar-refractivity contribution is -0.0192. The third-order valence-corrected chi connectivity index (χ3v) is 5.09. The smallest absolute Gasteiger partial charge is 0.215 e. The van der Waals surface area contributed by atoms with Gasteiger partial charge in [0.2, 0.25) is 6.23 Å². The second kappa shape index (κ2) is 6.43. The maximum Gasteiger partial charge on any atom is 0.215 e. The lowest BCUT2D eigenvalue weighted by Crippen LogP contribution is -2.33. The van der Waals surface area contributed by atoms with Gasteiger partial charge in [-0.3, -0.25) is 4.98 Å². The van der Waals surface area contributed by atoms with Gasteiger partial charge in [-0.2, -0.15) is 5.10 Å². The number of pyridine rings is 1. The molecule has 2 aliphatic rings. The van der Waals surface area contributed by atoms with E-state index in [2.05, 4.69) is 34.3 Å². The molecule has 0 amide bonds. The minimum Gasteiger partial charge on any atom is -0.497 e. The monoisotopic (exact) mass is 357 g/mol. The molecule has 5 heteroatoms. The van der Waals surface area contributed by atoms with Crippen LogP contribution in [-0.2, 0) is 0 Å². The molecule has 2 atom stereocenters. The van der Waals surface area contributed by atoms with Crippen LogP contribution in [0.15, 0.2) is 78.2 Å². The Kier molecular flexibility index (Phi) is 3.78. The summed E-state index contributed by atoms with van der Waals surface area (Å²) in [6.45, 7) is 0. The summed E-state index contributed by atoms with van der Waals surface area (Å²) in [7, 11) is 1.68. The Morgan fingerprint density at radius 3 is 2.67 bits per heavy atom. The Morgan fingerprint density at radius 1 is 1.04 bits per heavy atom. The average molecular weight is 357 g/mol. The average Bonchev–Trinajstić information content (AvgIpc) is 3.19. The van der Waals surface area contributed by atoms with Crippen molar-refractivity contribution in [3.8, 4) is 11.5 Å². The molecule has 0 fully saturated rings. The highest BCUT2D eigenvalue weighted by Crippen LogP contribution is 2.47. The van der Waals surface area contributed by atoms with Crippen molar-refractivity contribution in [1.82, 2.24) is 9.99 Å². The van der Waals surface area contributed by atoms with Crippen molar-refractivity contribution >= 4 is 5.71 Å². The van der Waals surface area contributed by atoms with E-state index in [1.165, 1.54) is 5.56 Å². The van der Waals surface area contributed by atoms with Crippen molar-refractivity contribution in [3.05, 3.63) is 89.7 Å². The second-order valence-electron chi connectivity index (χ2n) is 6.67. The Morgan fingerprint density at radius 2 is 1.89 bits per heavy atom. The molecule has 2 aromatic carbocycles. The van der Waals surface area contributed by atoms with E-state index in [1.807, 2.05) is 42.6 Å². The number of benzene rings is 2. The van der Waals surface area contributed by atoms with Crippen molar-refractivity contribution in [3.63, 3.8) is 0 Å². The van der Waals surface area contributed by atoms with E-state index < -0.39 is 0 Å².